The Kier molecular flexibility index (Phi) is 8.19. The maximum Gasteiger partial charge on any atom is 0.254 e. The number of pyridine rings is 1. The number of amides is 2. The van der Waals surface area contributed by atoms with Crippen LogP contribution in [0.5, 0.6) is 0 Å². The van der Waals surface area contributed by atoms with Gasteiger partial charge in [-0.2, -0.15) is 0 Å². The number of carbonyl (C=O) groups excluding carboxylic acids is 2. The fraction of sp³-hybridized carbons (Fsp3) is 0.500. The molecule has 0 bridgehead atoms. The highest BCUT2D eigenvalue weighted by atomic mass is 32.2. The maximum absolute atomic E-state index is 13.6. The Bertz CT molecular complexity index is 1430. The smallest absolute Gasteiger partial charge is 0.254 e. The van der Waals surface area contributed by atoms with E-state index in [1.165, 1.54) is 11.8 Å². The number of fused-ring (bicyclic) bond motifs is 1. The van der Waals surface area contributed by atoms with Gasteiger partial charge in [-0.1, -0.05) is 18.2 Å². The van der Waals surface area contributed by atoms with Crippen molar-refractivity contribution in [2.75, 3.05) is 19.5 Å². The third-order valence-corrected chi connectivity index (χ3v) is 9.28. The van der Waals surface area contributed by atoms with Crippen molar-refractivity contribution in [2.24, 2.45) is 11.8 Å². The quantitative estimate of drug-likeness (QED) is 0.359. The minimum Gasteiger partial charge on any atom is -0.380 e. The summed E-state index contributed by atoms with van der Waals surface area (Å²) >= 11 is 1.51. The van der Waals surface area contributed by atoms with Gasteiger partial charge < -0.3 is 24.9 Å². The number of para-hydroxylation sites is 1. The van der Waals surface area contributed by atoms with Crippen LogP contribution >= 0.6 is 11.8 Å². The molecule has 5 rings (SSSR count). The summed E-state index contributed by atoms with van der Waals surface area (Å²) in [5.74, 6) is 0.411. The van der Waals surface area contributed by atoms with Gasteiger partial charge in [0.05, 0.1) is 24.7 Å². The lowest BCUT2D eigenvalue weighted by Gasteiger charge is -2.35. The first-order valence-electron chi connectivity index (χ1n) is 13.8. The van der Waals surface area contributed by atoms with Crippen molar-refractivity contribution in [3.05, 3.63) is 63.2 Å². The molecule has 1 atom stereocenters. The highest BCUT2D eigenvalue weighted by Crippen LogP contribution is 2.38. The molecule has 1 aliphatic heterocycles. The largest absolute Gasteiger partial charge is 0.380 e. The minimum atomic E-state index is -0.173. The number of aromatic nitrogens is 2. The van der Waals surface area contributed by atoms with Crippen LogP contribution < -0.4 is 16.2 Å². The predicted molar refractivity (Wildman–Crippen MR) is 154 cm³/mol. The molecule has 208 valence electrons. The molecule has 0 radical (unpaired) electrons. The molecule has 2 aromatic heterocycles. The first kappa shape index (κ1) is 27.5. The molecule has 1 saturated carbocycles. The Morgan fingerprint density at radius 2 is 1.87 bits per heavy atom. The Morgan fingerprint density at radius 3 is 2.54 bits per heavy atom. The first-order chi connectivity index (χ1) is 18.8. The summed E-state index contributed by atoms with van der Waals surface area (Å²) in [5.41, 5.74) is 3.85. The number of carbonyl (C=O) groups is 2. The van der Waals surface area contributed by atoms with Crippen molar-refractivity contribution in [3.8, 4) is 0 Å². The van der Waals surface area contributed by atoms with Crippen LogP contribution in [0.15, 0.2) is 40.0 Å². The molecule has 2 fully saturated rings. The number of thioether (sulfide) groups is 1. The second-order valence-electron chi connectivity index (χ2n) is 11.0. The van der Waals surface area contributed by atoms with E-state index in [1.54, 1.807) is 0 Å². The molecule has 3 aromatic rings. The summed E-state index contributed by atoms with van der Waals surface area (Å²) in [6.45, 7) is 7.36. The van der Waals surface area contributed by atoms with Gasteiger partial charge in [-0.25, -0.2) is 0 Å². The molecule has 0 spiro atoms. The Hall–Kier alpha value is -3.04. The molecule has 9 heteroatoms. The van der Waals surface area contributed by atoms with Gasteiger partial charge in [0.25, 0.3) is 11.5 Å². The van der Waals surface area contributed by atoms with E-state index in [-0.39, 0.29) is 41.9 Å². The molecule has 1 aromatic carbocycles. The van der Waals surface area contributed by atoms with E-state index in [4.69, 9.17) is 4.74 Å². The summed E-state index contributed by atoms with van der Waals surface area (Å²) in [6, 6.07) is 10.4. The number of aromatic amines is 1. The zero-order chi connectivity index (χ0) is 27.7. The molecule has 8 nitrogen and oxygen atoms in total. The van der Waals surface area contributed by atoms with Crippen LogP contribution in [0.2, 0.25) is 0 Å². The van der Waals surface area contributed by atoms with Crippen LogP contribution in [-0.2, 0) is 16.1 Å². The van der Waals surface area contributed by atoms with Crippen molar-refractivity contribution in [1.29, 1.82) is 0 Å². The van der Waals surface area contributed by atoms with Gasteiger partial charge in [-0.05, 0) is 70.8 Å². The number of nitrogens with zero attached hydrogens (tertiary/aromatic N) is 1. The summed E-state index contributed by atoms with van der Waals surface area (Å²) in [4.78, 5) is 42.2. The first-order valence-corrected chi connectivity index (χ1v) is 15.0. The molecule has 2 amide bonds. The van der Waals surface area contributed by atoms with Gasteiger partial charge in [0.1, 0.15) is 0 Å². The highest BCUT2D eigenvalue weighted by molar-refractivity contribution is 7.98. The molecule has 3 heterocycles. The molecule has 1 saturated heterocycles. The minimum absolute atomic E-state index is 0.0109. The number of hydrogen-bond acceptors (Lipinski definition) is 5. The number of H-pyrrole nitrogens is 1. The van der Waals surface area contributed by atoms with Crippen LogP contribution in [0.25, 0.3) is 10.9 Å². The van der Waals surface area contributed by atoms with Crippen LogP contribution in [0.4, 0.5) is 0 Å². The zero-order valence-electron chi connectivity index (χ0n) is 23.1. The molecular weight excluding hydrogens is 512 g/mol. The van der Waals surface area contributed by atoms with E-state index >= 15 is 0 Å². The maximum atomic E-state index is 13.6. The molecule has 0 unspecified atom stereocenters. The summed E-state index contributed by atoms with van der Waals surface area (Å²) in [7, 11) is 0. The SMILES string of the molecule is CSc1cc(C)[nH]c(=O)c1CNC(=O)c1c(C)n([C@H](C)C2CCC(NC(=O)C3COC3)CC2)c2ccccc12. The standard InChI is InChI=1S/C30H38N4O4S/c1-17-13-26(39-4)24(29(36)32-17)14-31-30(37)27-19(3)34(25-8-6-5-7-23(25)27)18(2)20-9-11-22(12-10-20)33-28(35)21-15-38-16-21/h5-8,13,18,20-22H,9-12,14-16H2,1-4H3,(H,31,37)(H,32,36)(H,33,35)/t18-,20?,22?/m1/s1. The highest BCUT2D eigenvalue weighted by Gasteiger charge is 2.32. The monoisotopic (exact) mass is 550 g/mol. The molecule has 3 N–H and O–H groups in total. The van der Waals surface area contributed by atoms with E-state index < -0.39 is 0 Å². The lowest BCUT2D eigenvalue weighted by atomic mass is 9.81. The summed E-state index contributed by atoms with van der Waals surface area (Å²) in [6.07, 6.45) is 5.90. The number of benzene rings is 1. The Labute approximate surface area is 233 Å². The lowest BCUT2D eigenvalue weighted by molar-refractivity contribution is -0.139. The normalized spacial score (nSPS) is 20.4. The summed E-state index contributed by atoms with van der Waals surface area (Å²) in [5, 5.41) is 7.16. The number of hydrogen-bond donors (Lipinski definition) is 3. The van der Waals surface area contributed by atoms with Gasteiger partial charge in [-0.3, -0.25) is 14.4 Å². The second kappa shape index (κ2) is 11.6. The summed E-state index contributed by atoms with van der Waals surface area (Å²) < 4.78 is 7.47. The van der Waals surface area contributed by atoms with Gasteiger partial charge in [0.15, 0.2) is 0 Å². The fourth-order valence-corrected chi connectivity index (χ4v) is 6.86. The predicted octanol–water partition coefficient (Wildman–Crippen LogP) is 4.48. The third kappa shape index (κ3) is 5.52. The van der Waals surface area contributed by atoms with Crippen LogP contribution in [0, 0.1) is 25.7 Å². The number of ether oxygens (including phenoxy) is 1. The van der Waals surface area contributed by atoms with Crippen molar-refractivity contribution >= 4 is 34.5 Å². The van der Waals surface area contributed by atoms with E-state index in [0.717, 1.165) is 52.9 Å². The van der Waals surface area contributed by atoms with Crippen LogP contribution in [0.1, 0.15) is 66.0 Å². The Balaban J connectivity index is 1.33. The van der Waals surface area contributed by atoms with Gasteiger partial charge in [0.2, 0.25) is 5.91 Å². The topological polar surface area (TPSA) is 105 Å². The number of rotatable bonds is 8. The molecule has 1 aliphatic carbocycles. The molecule has 39 heavy (non-hydrogen) atoms. The van der Waals surface area contributed by atoms with Crippen LogP contribution in [-0.4, -0.2) is 46.9 Å². The van der Waals surface area contributed by atoms with Crippen molar-refractivity contribution in [3.63, 3.8) is 0 Å². The van der Waals surface area contributed by atoms with Crippen molar-refractivity contribution < 1.29 is 14.3 Å². The molecule has 2 aliphatic rings. The van der Waals surface area contributed by atoms with E-state index in [9.17, 15) is 14.4 Å². The average molecular weight is 551 g/mol. The van der Waals surface area contributed by atoms with E-state index in [0.29, 0.717) is 30.3 Å². The molecular formula is C30H38N4O4S. The Morgan fingerprint density at radius 1 is 1.15 bits per heavy atom. The fourth-order valence-electron chi connectivity index (χ4n) is 6.16. The lowest BCUT2D eigenvalue weighted by Crippen LogP contribution is -2.47. The van der Waals surface area contributed by atoms with E-state index in [2.05, 4.69) is 33.2 Å². The van der Waals surface area contributed by atoms with Gasteiger partial charge >= 0.3 is 0 Å². The zero-order valence-corrected chi connectivity index (χ0v) is 24.0. The van der Waals surface area contributed by atoms with Gasteiger partial charge in [-0.15, -0.1) is 11.8 Å². The van der Waals surface area contributed by atoms with Crippen molar-refractivity contribution in [2.45, 2.75) is 70.0 Å². The third-order valence-electron chi connectivity index (χ3n) is 8.48. The number of nitrogens with one attached hydrogen (secondary N) is 3. The average Bonchev–Trinajstić information content (AvgIpc) is 3.18. The van der Waals surface area contributed by atoms with E-state index in [1.807, 2.05) is 44.4 Å². The second-order valence-corrected chi connectivity index (χ2v) is 11.8. The number of aryl methyl sites for hydroxylation is 1. The van der Waals surface area contributed by atoms with Crippen molar-refractivity contribution in [1.82, 2.24) is 20.2 Å². The van der Waals surface area contributed by atoms with Gasteiger partial charge in [0, 0.05) is 51.4 Å². The van der Waals surface area contributed by atoms with Crippen LogP contribution in [0.3, 0.4) is 0 Å².